The largest absolute Gasteiger partial charge is 0.364 e. The minimum Gasteiger partial charge on any atom is -0.364 e. The molecule has 1 unspecified atom stereocenters. The Kier molecular flexibility index (Phi) is 4.38. The van der Waals surface area contributed by atoms with Crippen molar-refractivity contribution >= 4 is 29.2 Å². The monoisotopic (exact) mass is 284 g/mol. The third kappa shape index (κ3) is 3.24. The maximum Gasteiger partial charge on any atom is 0.332 e. The second-order valence-corrected chi connectivity index (χ2v) is 5.49. The summed E-state index contributed by atoms with van der Waals surface area (Å²) in [6.45, 7) is 2.24. The van der Waals surface area contributed by atoms with Gasteiger partial charge in [0.05, 0.1) is 4.92 Å². The van der Waals surface area contributed by atoms with E-state index >= 15 is 0 Å². The second kappa shape index (κ2) is 6.02. The molecular weight excluding hydrogens is 268 g/mol. The third-order valence-electron chi connectivity index (χ3n) is 2.95. The number of hydrogen-bond donors (Lipinski definition) is 3. The van der Waals surface area contributed by atoms with Crippen molar-refractivity contribution in [3.8, 4) is 0 Å². The lowest BCUT2D eigenvalue weighted by Gasteiger charge is -2.12. The van der Waals surface area contributed by atoms with E-state index in [1.54, 1.807) is 6.92 Å². The van der Waals surface area contributed by atoms with Crippen molar-refractivity contribution in [3.63, 3.8) is 0 Å². The topological polar surface area (TPSA) is 119 Å². The minimum atomic E-state index is -0.471. The van der Waals surface area contributed by atoms with Gasteiger partial charge in [-0.3, -0.25) is 15.5 Å². The van der Waals surface area contributed by atoms with E-state index in [-0.39, 0.29) is 23.1 Å². The van der Waals surface area contributed by atoms with Gasteiger partial charge >= 0.3 is 5.69 Å². The fourth-order valence-electron chi connectivity index (χ4n) is 1.96. The van der Waals surface area contributed by atoms with E-state index in [0.717, 1.165) is 17.9 Å². The van der Waals surface area contributed by atoms with E-state index in [2.05, 4.69) is 20.7 Å². The molecule has 104 valence electrons. The number of thioether (sulfide) groups is 1. The molecule has 1 aliphatic heterocycles. The van der Waals surface area contributed by atoms with Gasteiger partial charge in [0.25, 0.3) is 0 Å². The van der Waals surface area contributed by atoms with Crippen molar-refractivity contribution < 1.29 is 4.92 Å². The predicted molar refractivity (Wildman–Crippen MR) is 75.2 cm³/mol. The quantitative estimate of drug-likeness (QED) is 0.418. The molecule has 2 rings (SSSR count). The number of nitrogens with zero attached hydrogens (tertiary/aromatic N) is 3. The smallest absolute Gasteiger partial charge is 0.332 e. The fourth-order valence-corrected chi connectivity index (χ4v) is 3.24. The molecule has 0 radical (unpaired) electrons. The predicted octanol–water partition coefficient (Wildman–Crippen LogP) is 1.14. The van der Waals surface area contributed by atoms with Gasteiger partial charge in [-0.25, -0.2) is 10.8 Å². The molecule has 1 saturated heterocycles. The molecule has 0 spiro atoms. The number of nitrogens with two attached hydrogens (primary N) is 1. The molecule has 2 heterocycles. The number of nitrogen functional groups attached to an aromatic ring is 1. The van der Waals surface area contributed by atoms with Crippen LogP contribution in [0.25, 0.3) is 0 Å². The normalized spacial score (nSPS) is 18.3. The summed E-state index contributed by atoms with van der Waals surface area (Å²) in [6, 6.07) is 0. The maximum atomic E-state index is 11.1. The van der Waals surface area contributed by atoms with Gasteiger partial charge in [0.15, 0.2) is 0 Å². The highest BCUT2D eigenvalue weighted by molar-refractivity contribution is 7.99. The van der Waals surface area contributed by atoms with Crippen LogP contribution >= 0.6 is 11.8 Å². The molecule has 0 amide bonds. The van der Waals surface area contributed by atoms with Crippen LogP contribution < -0.4 is 16.6 Å². The number of anilines is 2. The summed E-state index contributed by atoms with van der Waals surface area (Å²) in [7, 11) is 0. The Balaban J connectivity index is 2.20. The molecule has 0 aromatic carbocycles. The molecular formula is C10H16N6O2S. The molecule has 1 atom stereocenters. The van der Waals surface area contributed by atoms with Crippen molar-refractivity contribution in [3.05, 3.63) is 15.8 Å². The van der Waals surface area contributed by atoms with Crippen LogP contribution in [-0.4, -0.2) is 32.9 Å². The Morgan fingerprint density at radius 2 is 2.37 bits per heavy atom. The average molecular weight is 284 g/mol. The van der Waals surface area contributed by atoms with Gasteiger partial charge in [-0.2, -0.15) is 16.7 Å². The van der Waals surface area contributed by atoms with Gasteiger partial charge in [-0.1, -0.05) is 0 Å². The van der Waals surface area contributed by atoms with Gasteiger partial charge < -0.3 is 5.32 Å². The molecule has 19 heavy (non-hydrogen) atoms. The number of hydrogen-bond acceptors (Lipinski definition) is 8. The zero-order chi connectivity index (χ0) is 13.8. The number of aryl methyl sites for hydroxylation is 1. The fraction of sp³-hybridized carbons (Fsp3) is 0.600. The van der Waals surface area contributed by atoms with Crippen LogP contribution in [0.2, 0.25) is 0 Å². The zero-order valence-electron chi connectivity index (χ0n) is 10.5. The van der Waals surface area contributed by atoms with Gasteiger partial charge in [0.2, 0.25) is 11.8 Å². The molecule has 4 N–H and O–H groups in total. The van der Waals surface area contributed by atoms with Gasteiger partial charge in [-0.15, -0.1) is 0 Å². The lowest BCUT2D eigenvalue weighted by atomic mass is 10.1. The summed E-state index contributed by atoms with van der Waals surface area (Å²) < 4.78 is 0. The summed E-state index contributed by atoms with van der Waals surface area (Å²) >= 11 is 1.90. The third-order valence-corrected chi connectivity index (χ3v) is 4.18. The highest BCUT2D eigenvalue weighted by Gasteiger charge is 2.23. The molecule has 0 bridgehead atoms. The summed E-state index contributed by atoms with van der Waals surface area (Å²) in [5.41, 5.74) is 2.51. The second-order valence-electron chi connectivity index (χ2n) is 4.34. The number of hydrazine groups is 1. The van der Waals surface area contributed by atoms with Crippen LogP contribution in [0.3, 0.4) is 0 Å². The first-order valence-electron chi connectivity index (χ1n) is 5.93. The van der Waals surface area contributed by atoms with Crippen LogP contribution in [0.15, 0.2) is 0 Å². The first-order chi connectivity index (χ1) is 9.11. The van der Waals surface area contributed by atoms with E-state index < -0.39 is 4.92 Å². The first-order valence-corrected chi connectivity index (χ1v) is 7.08. The number of nitrogens with one attached hydrogen (secondary N) is 2. The van der Waals surface area contributed by atoms with Crippen molar-refractivity contribution in [2.45, 2.75) is 13.3 Å². The van der Waals surface area contributed by atoms with E-state index in [4.69, 9.17) is 5.84 Å². The molecule has 1 aromatic rings. The molecule has 8 nitrogen and oxygen atoms in total. The Labute approximate surface area is 114 Å². The lowest BCUT2D eigenvalue weighted by Crippen LogP contribution is -2.18. The molecule has 1 fully saturated rings. The Morgan fingerprint density at radius 1 is 1.58 bits per heavy atom. The van der Waals surface area contributed by atoms with E-state index in [0.29, 0.717) is 12.5 Å². The summed E-state index contributed by atoms with van der Waals surface area (Å²) in [6.07, 6.45) is 1.12. The van der Waals surface area contributed by atoms with E-state index in [1.807, 2.05) is 11.8 Å². The average Bonchev–Trinajstić information content (AvgIpc) is 2.88. The standard InChI is InChI=1S/C10H16N6O2S/c1-6-8(16(17)18)9(14-10(13-6)15-11)12-4-7-2-3-19-5-7/h7H,2-5,11H2,1H3,(H2,12,13,14,15). The van der Waals surface area contributed by atoms with Crippen LogP contribution in [-0.2, 0) is 0 Å². The SMILES string of the molecule is Cc1nc(NN)nc(NCC2CCSC2)c1[N+](=O)[O-]. The number of aromatic nitrogens is 2. The number of rotatable bonds is 5. The molecule has 0 aliphatic carbocycles. The van der Waals surface area contributed by atoms with Crippen LogP contribution in [0, 0.1) is 23.0 Å². The molecule has 1 aliphatic rings. The van der Waals surface area contributed by atoms with Gasteiger partial charge in [-0.05, 0) is 30.8 Å². The van der Waals surface area contributed by atoms with Gasteiger partial charge in [0.1, 0.15) is 5.69 Å². The Morgan fingerprint density at radius 3 is 2.95 bits per heavy atom. The van der Waals surface area contributed by atoms with Gasteiger partial charge in [0, 0.05) is 6.54 Å². The van der Waals surface area contributed by atoms with Crippen LogP contribution in [0.4, 0.5) is 17.5 Å². The van der Waals surface area contributed by atoms with Crippen LogP contribution in [0.1, 0.15) is 12.1 Å². The van der Waals surface area contributed by atoms with Crippen molar-refractivity contribution in [2.75, 3.05) is 28.8 Å². The molecule has 1 aromatic heterocycles. The Hall–Kier alpha value is -1.61. The molecule has 9 heteroatoms. The number of nitro groups is 1. The van der Waals surface area contributed by atoms with E-state index in [9.17, 15) is 10.1 Å². The Bertz CT molecular complexity index is 477. The molecule has 0 saturated carbocycles. The van der Waals surface area contributed by atoms with Crippen molar-refractivity contribution in [1.29, 1.82) is 0 Å². The lowest BCUT2D eigenvalue weighted by molar-refractivity contribution is -0.385. The minimum absolute atomic E-state index is 0.0929. The van der Waals surface area contributed by atoms with Crippen molar-refractivity contribution in [1.82, 2.24) is 9.97 Å². The van der Waals surface area contributed by atoms with E-state index in [1.165, 1.54) is 0 Å². The highest BCUT2D eigenvalue weighted by atomic mass is 32.2. The summed E-state index contributed by atoms with van der Waals surface area (Å²) in [4.78, 5) is 18.5. The summed E-state index contributed by atoms with van der Waals surface area (Å²) in [5.74, 6) is 8.40. The van der Waals surface area contributed by atoms with Crippen LogP contribution in [0.5, 0.6) is 0 Å². The summed E-state index contributed by atoms with van der Waals surface area (Å²) in [5, 5.41) is 14.1. The maximum absolute atomic E-state index is 11.1. The van der Waals surface area contributed by atoms with Crippen molar-refractivity contribution in [2.24, 2.45) is 11.8 Å². The first kappa shape index (κ1) is 13.8. The zero-order valence-corrected chi connectivity index (χ0v) is 11.4. The highest BCUT2D eigenvalue weighted by Crippen LogP contribution is 2.28.